The van der Waals surface area contributed by atoms with Crippen molar-refractivity contribution >= 4 is 17.7 Å². The number of carbonyl (C=O) groups is 1. The van der Waals surface area contributed by atoms with E-state index in [0.717, 1.165) is 32.5 Å². The van der Waals surface area contributed by atoms with E-state index >= 15 is 0 Å². The minimum Gasteiger partial charge on any atom is -0.352 e. The molecule has 1 N–H and O–H groups in total. The summed E-state index contributed by atoms with van der Waals surface area (Å²) >= 11 is 1.77. The Morgan fingerprint density at radius 1 is 1.27 bits per heavy atom. The number of rotatable bonds is 6. The first-order chi connectivity index (χ1) is 12.6. The zero-order valence-corrected chi connectivity index (χ0v) is 15.9. The normalized spacial score (nSPS) is 17.8. The molecule has 1 amide bonds. The Bertz CT molecular complexity index is 735. The minimum absolute atomic E-state index is 0.130. The molecule has 1 fully saturated rings. The number of benzene rings is 2. The van der Waals surface area contributed by atoms with Crippen molar-refractivity contribution in [1.29, 1.82) is 0 Å². The van der Waals surface area contributed by atoms with E-state index in [1.165, 1.54) is 34.7 Å². The molecule has 0 spiro atoms. The van der Waals surface area contributed by atoms with Gasteiger partial charge in [0, 0.05) is 30.1 Å². The van der Waals surface area contributed by atoms with Crippen LogP contribution in [0.2, 0.25) is 0 Å². The van der Waals surface area contributed by atoms with Crippen LogP contribution in [0.25, 0.3) is 0 Å². The van der Waals surface area contributed by atoms with Crippen LogP contribution in [-0.2, 0) is 6.54 Å². The lowest BCUT2D eigenvalue weighted by molar-refractivity contribution is 0.0930. The highest BCUT2D eigenvalue weighted by molar-refractivity contribution is 7.98. The largest absolute Gasteiger partial charge is 0.352 e. The first kappa shape index (κ1) is 18.9. The van der Waals surface area contributed by atoms with Gasteiger partial charge in [-0.3, -0.25) is 9.69 Å². The first-order valence-corrected chi connectivity index (χ1v) is 10.3. The Morgan fingerprint density at radius 2 is 2.08 bits per heavy atom. The summed E-state index contributed by atoms with van der Waals surface area (Å²) in [6.45, 7) is 3.72. The van der Waals surface area contributed by atoms with Crippen LogP contribution in [0.5, 0.6) is 0 Å². The lowest BCUT2D eigenvalue weighted by atomic mass is 9.97. The van der Waals surface area contributed by atoms with E-state index in [-0.39, 0.29) is 11.7 Å². The molecule has 1 aliphatic heterocycles. The standard InChI is InChI=1S/C21H25FN2OS/c1-26-20-6-2-4-16(12-20)14-24-11-3-5-17(15-24)13-23-21(25)18-7-9-19(22)10-8-18/h2,4,6-10,12,17H,3,5,11,13-15H2,1H3,(H,23,25)/t17-/m1/s1. The highest BCUT2D eigenvalue weighted by Crippen LogP contribution is 2.21. The van der Waals surface area contributed by atoms with Crippen LogP contribution in [0.15, 0.2) is 53.4 Å². The van der Waals surface area contributed by atoms with Crippen molar-refractivity contribution in [2.45, 2.75) is 24.3 Å². The number of piperidine rings is 1. The van der Waals surface area contributed by atoms with Crippen LogP contribution < -0.4 is 5.32 Å². The Labute approximate surface area is 159 Å². The summed E-state index contributed by atoms with van der Waals surface area (Å²) in [4.78, 5) is 16.0. The van der Waals surface area contributed by atoms with Gasteiger partial charge >= 0.3 is 0 Å². The monoisotopic (exact) mass is 372 g/mol. The van der Waals surface area contributed by atoms with Gasteiger partial charge in [0.2, 0.25) is 0 Å². The molecule has 0 radical (unpaired) electrons. The van der Waals surface area contributed by atoms with E-state index < -0.39 is 0 Å². The maximum absolute atomic E-state index is 13.0. The number of nitrogens with zero attached hydrogens (tertiary/aromatic N) is 1. The third-order valence-electron chi connectivity index (χ3n) is 4.80. The maximum Gasteiger partial charge on any atom is 0.251 e. The van der Waals surface area contributed by atoms with Gasteiger partial charge in [0.15, 0.2) is 0 Å². The van der Waals surface area contributed by atoms with Crippen LogP contribution >= 0.6 is 11.8 Å². The summed E-state index contributed by atoms with van der Waals surface area (Å²) in [5.41, 5.74) is 1.85. The molecule has 0 saturated carbocycles. The minimum atomic E-state index is -0.324. The molecule has 0 unspecified atom stereocenters. The van der Waals surface area contributed by atoms with Gasteiger partial charge in [0.05, 0.1) is 0 Å². The van der Waals surface area contributed by atoms with Gasteiger partial charge in [0.1, 0.15) is 5.82 Å². The van der Waals surface area contributed by atoms with Crippen LogP contribution in [0.1, 0.15) is 28.8 Å². The van der Waals surface area contributed by atoms with E-state index in [9.17, 15) is 9.18 Å². The number of hydrogen-bond donors (Lipinski definition) is 1. The number of halogens is 1. The zero-order valence-electron chi connectivity index (χ0n) is 15.1. The quantitative estimate of drug-likeness (QED) is 0.772. The SMILES string of the molecule is CSc1cccc(CN2CCC[C@H](CNC(=O)c3ccc(F)cc3)C2)c1. The number of nitrogens with one attached hydrogen (secondary N) is 1. The molecule has 1 atom stereocenters. The number of hydrogen-bond acceptors (Lipinski definition) is 3. The fourth-order valence-corrected chi connectivity index (χ4v) is 3.91. The third-order valence-corrected chi connectivity index (χ3v) is 5.53. The van der Waals surface area contributed by atoms with Crippen molar-refractivity contribution in [2.75, 3.05) is 25.9 Å². The van der Waals surface area contributed by atoms with E-state index in [2.05, 4.69) is 40.7 Å². The summed E-state index contributed by atoms with van der Waals surface area (Å²) < 4.78 is 13.0. The number of likely N-dealkylation sites (tertiary alicyclic amines) is 1. The van der Waals surface area contributed by atoms with Gasteiger partial charge < -0.3 is 5.32 Å². The lowest BCUT2D eigenvalue weighted by Gasteiger charge is -2.33. The van der Waals surface area contributed by atoms with Gasteiger partial charge in [-0.2, -0.15) is 0 Å². The molecular weight excluding hydrogens is 347 g/mol. The Balaban J connectivity index is 1.50. The number of thioether (sulfide) groups is 1. The molecule has 1 heterocycles. The molecule has 1 aliphatic rings. The molecule has 0 bridgehead atoms. The second-order valence-corrected chi connectivity index (χ2v) is 7.69. The van der Waals surface area contributed by atoms with Crippen molar-refractivity contribution < 1.29 is 9.18 Å². The summed E-state index contributed by atoms with van der Waals surface area (Å²) in [6, 6.07) is 14.4. The van der Waals surface area contributed by atoms with Crippen molar-refractivity contribution in [3.8, 4) is 0 Å². The topological polar surface area (TPSA) is 32.3 Å². The second kappa shape index (κ2) is 9.19. The first-order valence-electron chi connectivity index (χ1n) is 9.03. The molecule has 2 aromatic carbocycles. The molecule has 0 aliphatic carbocycles. The fourth-order valence-electron chi connectivity index (χ4n) is 3.43. The molecule has 0 aromatic heterocycles. The predicted molar refractivity (Wildman–Crippen MR) is 105 cm³/mol. The average molecular weight is 373 g/mol. The van der Waals surface area contributed by atoms with Crippen LogP contribution in [0, 0.1) is 11.7 Å². The van der Waals surface area contributed by atoms with Crippen LogP contribution in [0.3, 0.4) is 0 Å². The molecule has 138 valence electrons. The molecular formula is C21H25FN2OS. The lowest BCUT2D eigenvalue weighted by Crippen LogP contribution is -2.40. The summed E-state index contributed by atoms with van der Waals surface area (Å²) in [6.07, 6.45) is 4.38. The van der Waals surface area contributed by atoms with Crippen molar-refractivity contribution in [2.24, 2.45) is 5.92 Å². The smallest absolute Gasteiger partial charge is 0.251 e. The molecule has 5 heteroatoms. The van der Waals surface area contributed by atoms with E-state index in [4.69, 9.17) is 0 Å². The van der Waals surface area contributed by atoms with Crippen LogP contribution in [-0.4, -0.2) is 36.7 Å². The summed E-state index contributed by atoms with van der Waals surface area (Å²) in [5, 5.41) is 3.00. The molecule has 2 aromatic rings. The third kappa shape index (κ3) is 5.32. The Morgan fingerprint density at radius 3 is 2.85 bits per heavy atom. The highest BCUT2D eigenvalue weighted by atomic mass is 32.2. The highest BCUT2D eigenvalue weighted by Gasteiger charge is 2.20. The van der Waals surface area contributed by atoms with Gasteiger partial charge in [-0.05, 0) is 73.5 Å². The molecule has 1 saturated heterocycles. The van der Waals surface area contributed by atoms with Crippen molar-refractivity contribution in [3.05, 3.63) is 65.5 Å². The summed E-state index contributed by atoms with van der Waals surface area (Å²) in [7, 11) is 0. The average Bonchev–Trinajstić information content (AvgIpc) is 2.67. The van der Waals surface area contributed by atoms with Crippen LogP contribution in [0.4, 0.5) is 4.39 Å². The molecule has 26 heavy (non-hydrogen) atoms. The maximum atomic E-state index is 13.0. The Kier molecular flexibility index (Phi) is 6.69. The second-order valence-electron chi connectivity index (χ2n) is 6.81. The number of carbonyl (C=O) groups excluding carboxylic acids is 1. The van der Waals surface area contributed by atoms with Gasteiger partial charge in [-0.15, -0.1) is 11.8 Å². The van der Waals surface area contributed by atoms with E-state index in [1.807, 2.05) is 0 Å². The molecule has 3 nitrogen and oxygen atoms in total. The van der Waals surface area contributed by atoms with E-state index in [1.54, 1.807) is 11.8 Å². The van der Waals surface area contributed by atoms with Gasteiger partial charge in [0.25, 0.3) is 5.91 Å². The van der Waals surface area contributed by atoms with Crippen molar-refractivity contribution in [3.63, 3.8) is 0 Å². The Hall–Kier alpha value is -1.85. The fraction of sp³-hybridized carbons (Fsp3) is 0.381. The van der Waals surface area contributed by atoms with Crippen molar-refractivity contribution in [1.82, 2.24) is 10.2 Å². The summed E-state index contributed by atoms with van der Waals surface area (Å²) in [5.74, 6) is 0.00157. The van der Waals surface area contributed by atoms with Gasteiger partial charge in [-0.1, -0.05) is 12.1 Å². The zero-order chi connectivity index (χ0) is 18.4. The van der Waals surface area contributed by atoms with E-state index in [0.29, 0.717) is 18.0 Å². The number of amides is 1. The van der Waals surface area contributed by atoms with Gasteiger partial charge in [-0.25, -0.2) is 4.39 Å². The molecule has 3 rings (SSSR count). The predicted octanol–water partition coefficient (Wildman–Crippen LogP) is 4.19.